The molecule has 0 aromatic heterocycles. The molecule has 110 valence electrons. The average Bonchev–Trinajstić information content (AvgIpc) is 2.25. The third-order valence-electron chi connectivity index (χ3n) is 1.40. The largest absolute Gasteiger partial charge is 0.426 e. The van der Waals surface area contributed by atoms with E-state index in [1.54, 1.807) is 20.8 Å². The predicted molar refractivity (Wildman–Crippen MR) is 64.1 cm³/mol. The third kappa shape index (κ3) is 12.2. The fraction of sp³-hybridized carbons (Fsp3) is 1.00. The second-order valence-electron chi connectivity index (χ2n) is 4.30. The molecule has 7 nitrogen and oxygen atoms in total. The highest BCUT2D eigenvalue weighted by atomic mass is 32.3. The SMILES string of the molecule is CCOCCOCCOS(=O)(=O)OOC(C)(C)C. The van der Waals surface area contributed by atoms with Gasteiger partial charge < -0.3 is 9.47 Å². The van der Waals surface area contributed by atoms with E-state index in [0.717, 1.165) is 0 Å². The van der Waals surface area contributed by atoms with Crippen molar-refractivity contribution in [1.29, 1.82) is 0 Å². The molecule has 0 aromatic carbocycles. The van der Waals surface area contributed by atoms with Crippen molar-refractivity contribution in [2.24, 2.45) is 0 Å². The zero-order valence-corrected chi connectivity index (χ0v) is 12.1. The maximum atomic E-state index is 11.2. The summed E-state index contributed by atoms with van der Waals surface area (Å²) in [5, 5.41) is 0. The minimum atomic E-state index is -4.15. The molecular formula is C10H22O7S. The second kappa shape index (κ2) is 8.78. The fourth-order valence-corrected chi connectivity index (χ4v) is 1.32. The molecule has 0 bridgehead atoms. The first kappa shape index (κ1) is 17.8. The maximum absolute atomic E-state index is 11.2. The normalized spacial score (nSPS) is 12.9. The van der Waals surface area contributed by atoms with E-state index in [0.29, 0.717) is 19.8 Å². The van der Waals surface area contributed by atoms with Crippen LogP contribution in [-0.2, 0) is 33.3 Å². The molecule has 0 N–H and O–H groups in total. The van der Waals surface area contributed by atoms with Gasteiger partial charge in [0.1, 0.15) is 0 Å². The summed E-state index contributed by atoms with van der Waals surface area (Å²) < 4.78 is 41.1. The molecule has 0 aliphatic rings. The van der Waals surface area contributed by atoms with Crippen molar-refractivity contribution in [3.8, 4) is 0 Å². The van der Waals surface area contributed by atoms with Gasteiger partial charge in [-0.15, -0.1) is 0 Å². The monoisotopic (exact) mass is 286 g/mol. The van der Waals surface area contributed by atoms with Crippen molar-refractivity contribution in [1.82, 2.24) is 0 Å². The lowest BCUT2D eigenvalue weighted by Gasteiger charge is -2.16. The highest BCUT2D eigenvalue weighted by molar-refractivity contribution is 7.81. The smallest absolute Gasteiger partial charge is 0.379 e. The Kier molecular flexibility index (Phi) is 8.66. The number of hydrogen-bond acceptors (Lipinski definition) is 7. The Bertz CT molecular complexity index is 294. The van der Waals surface area contributed by atoms with Crippen molar-refractivity contribution in [3.63, 3.8) is 0 Å². The van der Waals surface area contributed by atoms with E-state index in [2.05, 4.69) is 13.4 Å². The Hall–Kier alpha value is -0.250. The predicted octanol–water partition coefficient (Wildman–Crippen LogP) is 1.05. The Balaban J connectivity index is 3.59. The number of hydrogen-bond donors (Lipinski definition) is 0. The van der Waals surface area contributed by atoms with Gasteiger partial charge in [-0.3, -0.25) is 0 Å². The van der Waals surface area contributed by atoms with Gasteiger partial charge in [0.05, 0.1) is 32.0 Å². The van der Waals surface area contributed by atoms with Gasteiger partial charge >= 0.3 is 10.4 Å². The van der Waals surface area contributed by atoms with Crippen LogP contribution in [0.25, 0.3) is 0 Å². The molecular weight excluding hydrogens is 264 g/mol. The third-order valence-corrected chi connectivity index (χ3v) is 2.09. The summed E-state index contributed by atoms with van der Waals surface area (Å²) >= 11 is 0. The highest BCUT2D eigenvalue weighted by Crippen LogP contribution is 2.10. The van der Waals surface area contributed by atoms with Crippen molar-refractivity contribution in [2.75, 3.05) is 33.0 Å². The van der Waals surface area contributed by atoms with E-state index in [1.807, 2.05) is 6.92 Å². The molecule has 0 aromatic rings. The Morgan fingerprint density at radius 1 is 0.944 bits per heavy atom. The van der Waals surface area contributed by atoms with Crippen molar-refractivity contribution in [3.05, 3.63) is 0 Å². The van der Waals surface area contributed by atoms with Crippen LogP contribution in [0.15, 0.2) is 0 Å². The lowest BCUT2D eigenvalue weighted by molar-refractivity contribution is -0.276. The van der Waals surface area contributed by atoms with E-state index < -0.39 is 16.0 Å². The summed E-state index contributed by atoms with van der Waals surface area (Å²) in [6.07, 6.45) is 0. The zero-order valence-electron chi connectivity index (χ0n) is 11.3. The summed E-state index contributed by atoms with van der Waals surface area (Å²) in [5.74, 6) is 0. The first-order valence-electron chi connectivity index (χ1n) is 5.69. The van der Waals surface area contributed by atoms with Gasteiger partial charge in [-0.2, -0.15) is 8.42 Å². The molecule has 18 heavy (non-hydrogen) atoms. The van der Waals surface area contributed by atoms with Crippen molar-refractivity contribution in [2.45, 2.75) is 33.3 Å². The fourth-order valence-electron chi connectivity index (χ4n) is 0.723. The minimum Gasteiger partial charge on any atom is -0.379 e. The van der Waals surface area contributed by atoms with E-state index in [-0.39, 0.29) is 13.2 Å². The molecule has 0 aliphatic heterocycles. The van der Waals surface area contributed by atoms with E-state index in [9.17, 15) is 8.42 Å². The van der Waals surface area contributed by atoms with Crippen molar-refractivity contribution >= 4 is 10.4 Å². The van der Waals surface area contributed by atoms with Crippen LogP contribution in [0.5, 0.6) is 0 Å². The molecule has 0 saturated carbocycles. The van der Waals surface area contributed by atoms with Gasteiger partial charge in [-0.1, -0.05) is 4.33 Å². The summed E-state index contributed by atoms with van der Waals surface area (Å²) in [6.45, 7) is 8.29. The van der Waals surface area contributed by atoms with Gasteiger partial charge in [0.15, 0.2) is 0 Å². The molecule has 0 radical (unpaired) electrons. The van der Waals surface area contributed by atoms with Gasteiger partial charge in [-0.25, -0.2) is 9.07 Å². The molecule has 0 unspecified atom stereocenters. The topological polar surface area (TPSA) is 80.3 Å². The van der Waals surface area contributed by atoms with Gasteiger partial charge in [-0.05, 0) is 27.7 Å². The molecule has 0 spiro atoms. The average molecular weight is 286 g/mol. The molecule has 0 aliphatic carbocycles. The van der Waals surface area contributed by atoms with E-state index in [4.69, 9.17) is 9.47 Å². The van der Waals surface area contributed by atoms with Crippen LogP contribution in [0.1, 0.15) is 27.7 Å². The molecule has 0 rings (SSSR count). The Morgan fingerprint density at radius 3 is 2.06 bits per heavy atom. The quantitative estimate of drug-likeness (QED) is 0.337. The second-order valence-corrected chi connectivity index (χ2v) is 5.49. The van der Waals surface area contributed by atoms with Crippen LogP contribution >= 0.6 is 0 Å². The van der Waals surface area contributed by atoms with Crippen LogP contribution in [0, 0.1) is 0 Å². The Labute approximate surface area is 109 Å². The summed E-state index contributed by atoms with van der Waals surface area (Å²) in [4.78, 5) is 4.63. The molecule has 0 amide bonds. The molecule has 0 saturated heterocycles. The lowest BCUT2D eigenvalue weighted by Crippen LogP contribution is -2.23. The van der Waals surface area contributed by atoms with Crippen molar-refractivity contribution < 1.29 is 31.3 Å². The summed E-state index contributed by atoms with van der Waals surface area (Å²) in [5.41, 5.74) is -0.732. The minimum absolute atomic E-state index is 0.130. The van der Waals surface area contributed by atoms with Crippen LogP contribution in [-0.4, -0.2) is 47.1 Å². The van der Waals surface area contributed by atoms with E-state index >= 15 is 0 Å². The summed E-state index contributed by atoms with van der Waals surface area (Å²) in [6, 6.07) is 0. The first-order chi connectivity index (χ1) is 8.27. The van der Waals surface area contributed by atoms with Crippen LogP contribution < -0.4 is 0 Å². The molecule has 0 heterocycles. The first-order valence-corrected chi connectivity index (χ1v) is 7.02. The lowest BCUT2D eigenvalue weighted by atomic mass is 10.2. The highest BCUT2D eigenvalue weighted by Gasteiger charge is 2.19. The van der Waals surface area contributed by atoms with Crippen LogP contribution in [0.2, 0.25) is 0 Å². The number of rotatable bonds is 10. The van der Waals surface area contributed by atoms with Gasteiger partial charge in [0.25, 0.3) is 0 Å². The van der Waals surface area contributed by atoms with Crippen LogP contribution in [0.3, 0.4) is 0 Å². The summed E-state index contributed by atoms with van der Waals surface area (Å²) in [7, 11) is -4.15. The zero-order chi connectivity index (χ0) is 14.1. The molecule has 0 fully saturated rings. The Morgan fingerprint density at radius 2 is 1.50 bits per heavy atom. The van der Waals surface area contributed by atoms with Crippen LogP contribution in [0.4, 0.5) is 0 Å². The van der Waals surface area contributed by atoms with Gasteiger partial charge in [0, 0.05) is 6.61 Å². The maximum Gasteiger partial charge on any atom is 0.426 e. The molecule has 8 heteroatoms. The van der Waals surface area contributed by atoms with E-state index in [1.165, 1.54) is 0 Å². The number of ether oxygens (including phenoxy) is 2. The standard InChI is InChI=1S/C10H22O7S/c1-5-13-6-7-14-8-9-15-18(11,12)17-16-10(2,3)4/h5-9H2,1-4H3. The van der Waals surface area contributed by atoms with Gasteiger partial charge in [0.2, 0.25) is 0 Å². The molecule has 0 atom stereocenters.